The fourth-order valence-electron chi connectivity index (χ4n) is 2.69. The van der Waals surface area contributed by atoms with Crippen LogP contribution < -0.4 is 14.8 Å². The highest BCUT2D eigenvalue weighted by atomic mass is 35.5. The first-order valence-corrected chi connectivity index (χ1v) is 9.21. The van der Waals surface area contributed by atoms with Crippen molar-refractivity contribution in [2.45, 2.75) is 13.5 Å². The van der Waals surface area contributed by atoms with E-state index < -0.39 is 0 Å². The Morgan fingerprint density at radius 1 is 1.22 bits per heavy atom. The van der Waals surface area contributed by atoms with E-state index in [9.17, 15) is 4.79 Å². The second-order valence-corrected chi connectivity index (χ2v) is 6.62. The van der Waals surface area contributed by atoms with Gasteiger partial charge in [0.05, 0.1) is 7.11 Å². The van der Waals surface area contributed by atoms with Crippen molar-refractivity contribution in [1.82, 2.24) is 10.2 Å². The van der Waals surface area contributed by atoms with Gasteiger partial charge >= 0.3 is 0 Å². The summed E-state index contributed by atoms with van der Waals surface area (Å²) in [4.78, 5) is 13.8. The summed E-state index contributed by atoms with van der Waals surface area (Å²) in [5.41, 5.74) is 2.13. The van der Waals surface area contributed by atoms with Gasteiger partial charge in [0, 0.05) is 17.1 Å². The van der Waals surface area contributed by atoms with Crippen LogP contribution in [-0.2, 0) is 11.4 Å². The Hall–Kier alpha value is -2.57. The summed E-state index contributed by atoms with van der Waals surface area (Å²) in [5.74, 6) is 1.02. The fraction of sp³-hybridized carbons (Fsp3) is 0.200. The molecule has 0 spiro atoms. The molecule has 1 saturated heterocycles. The number of ether oxygens (including phenoxy) is 2. The molecule has 7 heteroatoms. The molecule has 140 valence electrons. The van der Waals surface area contributed by atoms with E-state index in [1.807, 2.05) is 43.3 Å². The smallest absolute Gasteiger partial charge is 0.276 e. The summed E-state index contributed by atoms with van der Waals surface area (Å²) in [6.07, 6.45) is 1.74. The predicted molar refractivity (Wildman–Crippen MR) is 110 cm³/mol. The predicted octanol–water partition coefficient (Wildman–Crippen LogP) is 4.01. The monoisotopic (exact) mass is 402 g/mol. The van der Waals surface area contributed by atoms with Gasteiger partial charge in [-0.15, -0.1) is 0 Å². The molecule has 0 atom stereocenters. The third kappa shape index (κ3) is 4.23. The first-order valence-electron chi connectivity index (χ1n) is 8.42. The van der Waals surface area contributed by atoms with Crippen LogP contribution in [0.3, 0.4) is 0 Å². The van der Waals surface area contributed by atoms with Crippen LogP contribution in [0.15, 0.2) is 48.2 Å². The van der Waals surface area contributed by atoms with E-state index in [-0.39, 0.29) is 5.91 Å². The van der Waals surface area contributed by atoms with Gasteiger partial charge in [0.1, 0.15) is 12.3 Å². The fourth-order valence-corrected chi connectivity index (χ4v) is 3.20. The maximum absolute atomic E-state index is 12.3. The largest absolute Gasteiger partial charge is 0.493 e. The van der Waals surface area contributed by atoms with Crippen LogP contribution in [-0.4, -0.2) is 29.6 Å². The Balaban J connectivity index is 1.79. The van der Waals surface area contributed by atoms with Gasteiger partial charge in [-0.2, -0.15) is 0 Å². The van der Waals surface area contributed by atoms with Crippen LogP contribution in [0.1, 0.15) is 18.1 Å². The van der Waals surface area contributed by atoms with Crippen LogP contribution in [0.4, 0.5) is 0 Å². The zero-order valence-corrected chi connectivity index (χ0v) is 16.6. The lowest BCUT2D eigenvalue weighted by Crippen LogP contribution is -2.30. The van der Waals surface area contributed by atoms with Gasteiger partial charge in [-0.3, -0.25) is 9.69 Å². The zero-order chi connectivity index (χ0) is 19.4. The lowest BCUT2D eigenvalue weighted by atomic mass is 10.1. The number of thiocarbonyl (C=S) groups is 1. The normalized spacial score (nSPS) is 15.2. The highest BCUT2D eigenvalue weighted by Gasteiger charge is 2.29. The molecule has 2 aromatic carbocycles. The topological polar surface area (TPSA) is 50.8 Å². The summed E-state index contributed by atoms with van der Waals surface area (Å²) < 4.78 is 11.3. The number of methoxy groups -OCH3 is 1. The Labute approximate surface area is 168 Å². The van der Waals surface area contributed by atoms with E-state index in [1.165, 1.54) is 4.90 Å². The Kier molecular flexibility index (Phi) is 5.98. The molecule has 27 heavy (non-hydrogen) atoms. The highest BCUT2D eigenvalue weighted by molar-refractivity contribution is 7.80. The van der Waals surface area contributed by atoms with Crippen molar-refractivity contribution in [2.75, 3.05) is 13.7 Å². The zero-order valence-electron chi connectivity index (χ0n) is 15.0. The SMILES string of the molecule is CCN1C(=O)/C(=C\c2ccc(OCc3ccccc3Cl)c(OC)c2)NC1=S. The Bertz CT molecular complexity index is 914. The van der Waals surface area contributed by atoms with Gasteiger partial charge in [0.15, 0.2) is 16.6 Å². The average Bonchev–Trinajstić information content (AvgIpc) is 2.94. The van der Waals surface area contributed by atoms with E-state index in [2.05, 4.69) is 5.32 Å². The number of likely N-dealkylation sites (N-methyl/N-ethyl adjacent to an activating group) is 1. The number of nitrogens with zero attached hydrogens (tertiary/aromatic N) is 1. The number of amides is 1. The molecular weight excluding hydrogens is 384 g/mol. The number of hydrogen-bond acceptors (Lipinski definition) is 4. The summed E-state index contributed by atoms with van der Waals surface area (Å²) in [6.45, 7) is 2.74. The third-order valence-corrected chi connectivity index (χ3v) is 4.81. The van der Waals surface area contributed by atoms with Crippen LogP contribution in [0, 0.1) is 0 Å². The molecule has 1 aliphatic heterocycles. The summed E-state index contributed by atoms with van der Waals surface area (Å²) in [5, 5.41) is 4.01. The van der Waals surface area contributed by atoms with Crippen molar-refractivity contribution in [3.8, 4) is 11.5 Å². The van der Waals surface area contributed by atoms with E-state index in [4.69, 9.17) is 33.3 Å². The maximum Gasteiger partial charge on any atom is 0.276 e. The molecule has 1 heterocycles. The van der Waals surface area contributed by atoms with E-state index in [0.717, 1.165) is 11.1 Å². The number of nitrogens with one attached hydrogen (secondary N) is 1. The number of carbonyl (C=O) groups excluding carboxylic acids is 1. The Morgan fingerprint density at radius 3 is 2.67 bits per heavy atom. The third-order valence-electron chi connectivity index (χ3n) is 4.12. The van der Waals surface area contributed by atoms with Crippen molar-refractivity contribution in [1.29, 1.82) is 0 Å². The first-order chi connectivity index (χ1) is 13.0. The van der Waals surface area contributed by atoms with Crippen LogP contribution in [0.25, 0.3) is 6.08 Å². The molecule has 5 nitrogen and oxygen atoms in total. The average molecular weight is 403 g/mol. The van der Waals surface area contributed by atoms with Gasteiger partial charge in [-0.05, 0) is 49.0 Å². The molecule has 1 N–H and O–H groups in total. The standard InChI is InChI=1S/C20H19ClN2O3S/c1-3-23-19(24)16(22-20(23)27)10-13-8-9-17(18(11-13)25-2)26-12-14-6-4-5-7-15(14)21/h4-11H,3,12H2,1-2H3,(H,22,27)/b16-10+. The van der Waals surface area contributed by atoms with Crippen molar-refractivity contribution in [3.05, 3.63) is 64.3 Å². The van der Waals surface area contributed by atoms with Gasteiger partial charge in [0.2, 0.25) is 0 Å². The minimum Gasteiger partial charge on any atom is -0.493 e. The van der Waals surface area contributed by atoms with Crippen LogP contribution in [0.2, 0.25) is 5.02 Å². The molecule has 0 saturated carbocycles. The van der Waals surface area contributed by atoms with E-state index in [1.54, 1.807) is 19.3 Å². The minimum atomic E-state index is -0.138. The van der Waals surface area contributed by atoms with Crippen LogP contribution in [0.5, 0.6) is 11.5 Å². The molecular formula is C20H19ClN2O3S. The molecule has 0 bridgehead atoms. The molecule has 0 unspecified atom stereocenters. The van der Waals surface area contributed by atoms with Crippen molar-refractivity contribution in [3.63, 3.8) is 0 Å². The highest BCUT2D eigenvalue weighted by Crippen LogP contribution is 2.30. The maximum atomic E-state index is 12.3. The molecule has 1 amide bonds. The second-order valence-electron chi connectivity index (χ2n) is 5.83. The van der Waals surface area contributed by atoms with Crippen LogP contribution >= 0.6 is 23.8 Å². The molecule has 0 radical (unpaired) electrons. The molecule has 0 aliphatic carbocycles. The second kappa shape index (κ2) is 8.41. The van der Waals surface area contributed by atoms with Crippen molar-refractivity contribution in [2.24, 2.45) is 0 Å². The lowest BCUT2D eigenvalue weighted by molar-refractivity contribution is -0.122. The lowest BCUT2D eigenvalue weighted by Gasteiger charge is -2.12. The molecule has 1 aliphatic rings. The number of halogens is 1. The number of hydrogen-bond donors (Lipinski definition) is 1. The van der Waals surface area contributed by atoms with E-state index in [0.29, 0.717) is 40.5 Å². The van der Waals surface area contributed by atoms with Gasteiger partial charge < -0.3 is 14.8 Å². The molecule has 1 fully saturated rings. The summed E-state index contributed by atoms with van der Waals surface area (Å²) in [6, 6.07) is 13.0. The molecule has 0 aromatic heterocycles. The first kappa shape index (κ1) is 19.2. The van der Waals surface area contributed by atoms with Gasteiger partial charge in [-0.1, -0.05) is 35.9 Å². The van der Waals surface area contributed by atoms with Gasteiger partial charge in [0.25, 0.3) is 5.91 Å². The number of rotatable bonds is 6. The quantitative estimate of drug-likeness (QED) is 0.584. The van der Waals surface area contributed by atoms with Crippen molar-refractivity contribution >= 4 is 40.9 Å². The van der Waals surface area contributed by atoms with Crippen molar-refractivity contribution < 1.29 is 14.3 Å². The number of carbonyl (C=O) groups is 1. The number of benzene rings is 2. The summed E-state index contributed by atoms with van der Waals surface area (Å²) >= 11 is 11.3. The van der Waals surface area contributed by atoms with Gasteiger partial charge in [-0.25, -0.2) is 0 Å². The molecule has 2 aromatic rings. The van der Waals surface area contributed by atoms with E-state index >= 15 is 0 Å². The molecule has 3 rings (SSSR count). The minimum absolute atomic E-state index is 0.138. The summed E-state index contributed by atoms with van der Waals surface area (Å²) in [7, 11) is 1.57. The Morgan fingerprint density at radius 2 is 2.00 bits per heavy atom.